The van der Waals surface area contributed by atoms with Gasteiger partial charge in [-0.1, -0.05) is 6.07 Å². The van der Waals surface area contributed by atoms with Gasteiger partial charge in [0.15, 0.2) is 11.6 Å². The second-order valence-electron chi connectivity index (χ2n) is 6.64. The summed E-state index contributed by atoms with van der Waals surface area (Å²) in [5, 5.41) is 10.9. The van der Waals surface area contributed by atoms with Crippen LogP contribution in [0.1, 0.15) is 22.9 Å². The summed E-state index contributed by atoms with van der Waals surface area (Å²) in [5.41, 5.74) is 0.432. The SMILES string of the molecule is COc1ccc(/C(O)=C2\C(=O)C(=O)N(Cc3ccco3)C2c2cccnc2)cc1F. The Balaban J connectivity index is 1.85. The zero-order chi connectivity index (χ0) is 21.3. The van der Waals surface area contributed by atoms with Crippen molar-refractivity contribution in [3.8, 4) is 5.75 Å². The van der Waals surface area contributed by atoms with Crippen molar-refractivity contribution >= 4 is 17.4 Å². The van der Waals surface area contributed by atoms with Crippen LogP contribution in [0.15, 0.2) is 71.1 Å². The van der Waals surface area contributed by atoms with E-state index in [0.29, 0.717) is 11.3 Å². The number of furan rings is 1. The first-order chi connectivity index (χ1) is 14.5. The number of pyridine rings is 1. The van der Waals surface area contributed by atoms with Crippen molar-refractivity contribution in [2.45, 2.75) is 12.6 Å². The van der Waals surface area contributed by atoms with E-state index < -0.39 is 29.3 Å². The number of ketones is 1. The van der Waals surface area contributed by atoms with Crippen LogP contribution in [0.25, 0.3) is 5.76 Å². The lowest BCUT2D eigenvalue weighted by Gasteiger charge is -2.24. The van der Waals surface area contributed by atoms with E-state index in [2.05, 4.69) is 4.98 Å². The number of Topliss-reactive ketones (excluding diaryl/α,β-unsaturated/α-hetero) is 1. The molecule has 8 heteroatoms. The lowest BCUT2D eigenvalue weighted by molar-refractivity contribution is -0.140. The third-order valence-electron chi connectivity index (χ3n) is 4.87. The first kappa shape index (κ1) is 19.4. The Morgan fingerprint density at radius 3 is 2.73 bits per heavy atom. The summed E-state index contributed by atoms with van der Waals surface area (Å²) >= 11 is 0. The predicted molar refractivity (Wildman–Crippen MR) is 104 cm³/mol. The van der Waals surface area contributed by atoms with E-state index in [1.807, 2.05) is 0 Å². The molecule has 1 aromatic carbocycles. The van der Waals surface area contributed by atoms with E-state index in [1.165, 1.54) is 36.6 Å². The smallest absolute Gasteiger partial charge is 0.296 e. The van der Waals surface area contributed by atoms with Gasteiger partial charge in [0.2, 0.25) is 0 Å². The molecule has 152 valence electrons. The Morgan fingerprint density at radius 1 is 1.27 bits per heavy atom. The van der Waals surface area contributed by atoms with Gasteiger partial charge in [-0.3, -0.25) is 14.6 Å². The van der Waals surface area contributed by atoms with E-state index in [-0.39, 0.29) is 23.4 Å². The first-order valence-corrected chi connectivity index (χ1v) is 9.06. The minimum atomic E-state index is -0.908. The summed E-state index contributed by atoms with van der Waals surface area (Å²) in [7, 11) is 1.32. The number of likely N-dealkylation sites (tertiary alicyclic amines) is 1. The molecule has 0 saturated carbocycles. The molecule has 1 N–H and O–H groups in total. The van der Waals surface area contributed by atoms with Crippen molar-refractivity contribution in [2.24, 2.45) is 0 Å². The number of hydrogen-bond acceptors (Lipinski definition) is 6. The molecule has 30 heavy (non-hydrogen) atoms. The van der Waals surface area contributed by atoms with Gasteiger partial charge in [0.25, 0.3) is 11.7 Å². The highest BCUT2D eigenvalue weighted by Crippen LogP contribution is 2.40. The van der Waals surface area contributed by atoms with Crippen molar-refractivity contribution in [1.82, 2.24) is 9.88 Å². The van der Waals surface area contributed by atoms with Crippen LogP contribution in [-0.2, 0) is 16.1 Å². The van der Waals surface area contributed by atoms with Gasteiger partial charge in [0.05, 0.1) is 31.5 Å². The fourth-order valence-corrected chi connectivity index (χ4v) is 3.47. The summed E-state index contributed by atoms with van der Waals surface area (Å²) in [6.45, 7) is 0.0187. The molecule has 3 aromatic rings. The van der Waals surface area contributed by atoms with Crippen molar-refractivity contribution in [3.63, 3.8) is 0 Å². The van der Waals surface area contributed by atoms with Gasteiger partial charge in [-0.15, -0.1) is 0 Å². The highest BCUT2D eigenvalue weighted by molar-refractivity contribution is 6.46. The summed E-state index contributed by atoms with van der Waals surface area (Å²) in [4.78, 5) is 31.0. The molecule has 1 unspecified atom stereocenters. The van der Waals surface area contributed by atoms with Gasteiger partial charge in [-0.05, 0) is 42.0 Å². The van der Waals surface area contributed by atoms with Gasteiger partial charge in [-0.25, -0.2) is 4.39 Å². The van der Waals surface area contributed by atoms with Crippen LogP contribution in [0, 0.1) is 5.82 Å². The molecular formula is C22H17FN2O5. The monoisotopic (exact) mass is 408 g/mol. The van der Waals surface area contributed by atoms with E-state index in [0.717, 1.165) is 6.07 Å². The minimum Gasteiger partial charge on any atom is -0.507 e. The number of hydrogen-bond donors (Lipinski definition) is 1. The lowest BCUT2D eigenvalue weighted by Crippen LogP contribution is -2.29. The number of aliphatic hydroxyl groups is 1. The number of carbonyl (C=O) groups excluding carboxylic acids is 2. The summed E-state index contributed by atoms with van der Waals surface area (Å²) < 4.78 is 24.4. The van der Waals surface area contributed by atoms with Gasteiger partial charge >= 0.3 is 0 Å². The molecule has 0 bridgehead atoms. The van der Waals surface area contributed by atoms with Crippen molar-refractivity contribution < 1.29 is 28.2 Å². The van der Waals surface area contributed by atoms with Crippen LogP contribution < -0.4 is 4.74 Å². The van der Waals surface area contributed by atoms with Crippen LogP contribution in [0.2, 0.25) is 0 Å². The maximum atomic E-state index is 14.2. The number of carbonyl (C=O) groups is 2. The normalized spacial score (nSPS) is 18.1. The lowest BCUT2D eigenvalue weighted by atomic mass is 9.96. The van der Waals surface area contributed by atoms with E-state index in [4.69, 9.17) is 9.15 Å². The fourth-order valence-electron chi connectivity index (χ4n) is 3.47. The Bertz CT molecular complexity index is 1130. The van der Waals surface area contributed by atoms with Crippen molar-refractivity contribution in [2.75, 3.05) is 7.11 Å². The van der Waals surface area contributed by atoms with Crippen LogP contribution in [0.4, 0.5) is 4.39 Å². The summed E-state index contributed by atoms with van der Waals surface area (Å²) in [6, 6.07) is 9.60. The third kappa shape index (κ3) is 3.32. The molecule has 1 fully saturated rings. The molecule has 1 atom stereocenters. The number of ether oxygens (including phenoxy) is 1. The number of benzene rings is 1. The largest absolute Gasteiger partial charge is 0.507 e. The Morgan fingerprint density at radius 2 is 2.10 bits per heavy atom. The third-order valence-corrected chi connectivity index (χ3v) is 4.87. The molecular weight excluding hydrogens is 391 g/mol. The average Bonchev–Trinajstić information content (AvgIpc) is 3.36. The highest BCUT2D eigenvalue weighted by atomic mass is 19.1. The van der Waals surface area contributed by atoms with E-state index in [9.17, 15) is 19.1 Å². The number of aliphatic hydroxyl groups excluding tert-OH is 1. The zero-order valence-electron chi connectivity index (χ0n) is 15.9. The molecule has 7 nitrogen and oxygen atoms in total. The standard InChI is InChI=1S/C22H17FN2O5/c1-29-17-7-6-13(10-16(17)23)20(26)18-19(14-4-2-8-24-11-14)25(22(28)21(18)27)12-15-5-3-9-30-15/h2-11,19,26H,12H2,1H3/b20-18+. The Hall–Kier alpha value is -3.94. The molecule has 0 aliphatic carbocycles. The average molecular weight is 408 g/mol. The number of amides is 1. The van der Waals surface area contributed by atoms with Gasteiger partial charge in [-0.2, -0.15) is 0 Å². The second-order valence-corrected chi connectivity index (χ2v) is 6.64. The van der Waals surface area contributed by atoms with Crippen molar-refractivity contribution in [3.05, 3.63) is 89.4 Å². The van der Waals surface area contributed by atoms with E-state index >= 15 is 0 Å². The van der Waals surface area contributed by atoms with Gasteiger partial charge in [0.1, 0.15) is 11.5 Å². The maximum absolute atomic E-state index is 14.2. The second kappa shape index (κ2) is 7.82. The quantitative estimate of drug-likeness (QED) is 0.395. The maximum Gasteiger partial charge on any atom is 0.296 e. The van der Waals surface area contributed by atoms with E-state index in [1.54, 1.807) is 30.5 Å². The minimum absolute atomic E-state index is 0.00590. The summed E-state index contributed by atoms with van der Waals surface area (Å²) in [6.07, 6.45) is 4.53. The molecule has 0 radical (unpaired) electrons. The Labute approximate surface area is 171 Å². The number of aromatic nitrogens is 1. The zero-order valence-corrected chi connectivity index (χ0v) is 15.9. The van der Waals surface area contributed by atoms with Crippen LogP contribution >= 0.6 is 0 Å². The number of rotatable bonds is 5. The number of nitrogens with zero attached hydrogens (tertiary/aromatic N) is 2. The molecule has 0 spiro atoms. The summed E-state index contributed by atoms with van der Waals surface area (Å²) in [5.74, 6) is -2.38. The molecule has 2 aromatic heterocycles. The van der Waals surface area contributed by atoms with Gasteiger partial charge < -0.3 is 19.2 Å². The number of methoxy groups -OCH3 is 1. The molecule has 3 heterocycles. The van der Waals surface area contributed by atoms with Crippen LogP contribution in [-0.4, -0.2) is 33.8 Å². The topological polar surface area (TPSA) is 92.9 Å². The predicted octanol–water partition coefficient (Wildman–Crippen LogP) is 3.44. The molecule has 1 amide bonds. The highest BCUT2D eigenvalue weighted by Gasteiger charge is 2.46. The first-order valence-electron chi connectivity index (χ1n) is 9.06. The van der Waals surface area contributed by atoms with Crippen LogP contribution in [0.3, 0.4) is 0 Å². The molecule has 4 rings (SSSR count). The number of halogens is 1. The molecule has 1 saturated heterocycles. The fraction of sp³-hybridized carbons (Fsp3) is 0.136. The van der Waals surface area contributed by atoms with Crippen LogP contribution in [0.5, 0.6) is 5.75 Å². The molecule has 1 aliphatic heterocycles. The molecule has 1 aliphatic rings. The van der Waals surface area contributed by atoms with Gasteiger partial charge in [0, 0.05) is 18.0 Å². The Kier molecular flexibility index (Phi) is 5.05. The van der Waals surface area contributed by atoms with Crippen molar-refractivity contribution in [1.29, 1.82) is 0 Å².